The van der Waals surface area contributed by atoms with Gasteiger partial charge >= 0.3 is 0 Å². The number of hydrogen-bond donors (Lipinski definition) is 0. The van der Waals surface area contributed by atoms with Crippen LogP contribution in [0.4, 0.5) is 0 Å². The third-order valence-electron chi connectivity index (χ3n) is 5.43. The van der Waals surface area contributed by atoms with E-state index in [1.165, 1.54) is 4.90 Å². The number of rotatable bonds is 6. The number of benzene rings is 2. The van der Waals surface area contributed by atoms with Crippen LogP contribution in [0.15, 0.2) is 59.1 Å². The van der Waals surface area contributed by atoms with Gasteiger partial charge in [-0.05, 0) is 43.5 Å². The van der Waals surface area contributed by atoms with Crippen LogP contribution in [0.2, 0.25) is 0 Å². The van der Waals surface area contributed by atoms with Crippen molar-refractivity contribution in [3.8, 4) is 17.1 Å². The van der Waals surface area contributed by atoms with Gasteiger partial charge in [-0.25, -0.2) is 0 Å². The van der Waals surface area contributed by atoms with E-state index in [1.54, 1.807) is 37.2 Å². The molecule has 3 aromatic rings. The summed E-state index contributed by atoms with van der Waals surface area (Å²) in [5.74, 6) is 1.24. The smallest absolute Gasteiger partial charge is 0.261 e. The molecule has 2 aromatic carbocycles. The first kappa shape index (κ1) is 21.5. The first-order valence-corrected chi connectivity index (χ1v) is 10.7. The lowest BCUT2D eigenvalue weighted by atomic mass is 10.0. The van der Waals surface area contributed by atoms with Gasteiger partial charge in [0.2, 0.25) is 11.7 Å². The molecule has 1 fully saturated rings. The first-order valence-electron chi connectivity index (χ1n) is 10.7. The number of carbonyl (C=O) groups excluding carboxylic acids is 2. The van der Waals surface area contributed by atoms with Gasteiger partial charge in [-0.2, -0.15) is 4.98 Å². The molecule has 8 heteroatoms. The Morgan fingerprint density at radius 1 is 1.12 bits per heavy atom. The molecule has 1 saturated heterocycles. The number of ether oxygens (including phenoxy) is 1. The molecule has 4 rings (SSSR count). The van der Waals surface area contributed by atoms with E-state index < -0.39 is 0 Å². The highest BCUT2D eigenvalue weighted by Crippen LogP contribution is 2.31. The summed E-state index contributed by atoms with van der Waals surface area (Å²) in [4.78, 5) is 33.0. The molecule has 0 N–H and O–H groups in total. The molecule has 2 heterocycles. The Labute approximate surface area is 186 Å². The van der Waals surface area contributed by atoms with Crippen LogP contribution >= 0.6 is 0 Å². The number of para-hydroxylation sites is 1. The number of likely N-dealkylation sites (tertiary alicyclic amines) is 1. The van der Waals surface area contributed by atoms with Crippen LogP contribution in [0.3, 0.4) is 0 Å². The van der Waals surface area contributed by atoms with Crippen LogP contribution in [0.5, 0.6) is 5.75 Å². The van der Waals surface area contributed by atoms with Gasteiger partial charge in [0.1, 0.15) is 11.8 Å². The van der Waals surface area contributed by atoms with Crippen molar-refractivity contribution in [2.45, 2.75) is 25.3 Å². The van der Waals surface area contributed by atoms with Crippen molar-refractivity contribution < 1.29 is 18.8 Å². The lowest BCUT2D eigenvalue weighted by Crippen LogP contribution is -2.41. The van der Waals surface area contributed by atoms with Crippen molar-refractivity contribution in [1.82, 2.24) is 19.9 Å². The summed E-state index contributed by atoms with van der Waals surface area (Å²) >= 11 is 0. The van der Waals surface area contributed by atoms with Crippen LogP contribution in [0, 0.1) is 0 Å². The molecule has 0 saturated carbocycles. The van der Waals surface area contributed by atoms with Crippen LogP contribution in [-0.4, -0.2) is 59.0 Å². The Morgan fingerprint density at radius 2 is 1.94 bits per heavy atom. The van der Waals surface area contributed by atoms with E-state index in [9.17, 15) is 9.59 Å². The van der Waals surface area contributed by atoms with E-state index >= 15 is 0 Å². The van der Waals surface area contributed by atoms with Crippen LogP contribution in [0.25, 0.3) is 11.4 Å². The molecule has 8 nitrogen and oxygen atoms in total. The Morgan fingerprint density at radius 3 is 2.72 bits per heavy atom. The van der Waals surface area contributed by atoms with Crippen molar-refractivity contribution >= 4 is 11.8 Å². The predicted molar refractivity (Wildman–Crippen MR) is 118 cm³/mol. The Hall–Kier alpha value is -3.68. The van der Waals surface area contributed by atoms with Gasteiger partial charge in [0, 0.05) is 31.8 Å². The lowest BCUT2D eigenvalue weighted by molar-refractivity contribution is -0.138. The summed E-state index contributed by atoms with van der Waals surface area (Å²) in [7, 11) is 3.41. The lowest BCUT2D eigenvalue weighted by Gasteiger charge is -2.33. The minimum Gasteiger partial charge on any atom is -0.484 e. The van der Waals surface area contributed by atoms with Gasteiger partial charge in [0.25, 0.3) is 11.8 Å². The molecule has 0 spiro atoms. The average molecular weight is 434 g/mol. The fourth-order valence-electron chi connectivity index (χ4n) is 3.77. The summed E-state index contributed by atoms with van der Waals surface area (Å²) in [6.07, 6.45) is 2.64. The molecule has 0 unspecified atom stereocenters. The van der Waals surface area contributed by atoms with Crippen molar-refractivity contribution in [2.24, 2.45) is 0 Å². The standard InChI is InChI=1S/C24H26N4O4/c1-27(2)24(30)18-10-8-9-17(15-18)22-25-23(32-26-22)20-13-6-7-14-28(20)21(29)16-31-19-11-4-3-5-12-19/h3-5,8-12,15,20H,6-7,13-14,16H2,1-2H3/t20-/m1/s1. The molecule has 32 heavy (non-hydrogen) atoms. The highest BCUT2D eigenvalue weighted by atomic mass is 16.5. The van der Waals surface area contributed by atoms with Crippen LogP contribution in [-0.2, 0) is 4.79 Å². The molecule has 1 aromatic heterocycles. The minimum atomic E-state index is -0.288. The fraction of sp³-hybridized carbons (Fsp3) is 0.333. The largest absolute Gasteiger partial charge is 0.484 e. The first-order chi connectivity index (χ1) is 15.5. The molecular formula is C24H26N4O4. The molecule has 0 bridgehead atoms. The van der Waals surface area contributed by atoms with Crippen molar-refractivity contribution in [3.63, 3.8) is 0 Å². The third kappa shape index (κ3) is 4.80. The second kappa shape index (κ2) is 9.64. The number of carbonyl (C=O) groups is 2. The molecule has 1 atom stereocenters. The van der Waals surface area contributed by atoms with Gasteiger partial charge in [-0.3, -0.25) is 9.59 Å². The molecule has 2 amide bonds. The number of hydrogen-bond acceptors (Lipinski definition) is 6. The zero-order valence-electron chi connectivity index (χ0n) is 18.2. The number of piperidine rings is 1. The van der Waals surface area contributed by atoms with Gasteiger partial charge in [0.15, 0.2) is 6.61 Å². The monoisotopic (exact) mass is 434 g/mol. The van der Waals surface area contributed by atoms with Gasteiger partial charge in [-0.15, -0.1) is 0 Å². The number of amides is 2. The molecular weight excluding hydrogens is 408 g/mol. The quantitative estimate of drug-likeness (QED) is 0.589. The normalized spacial score (nSPS) is 15.9. The fourth-order valence-corrected chi connectivity index (χ4v) is 3.77. The summed E-state index contributed by atoms with van der Waals surface area (Å²) in [6.45, 7) is 0.572. The van der Waals surface area contributed by atoms with E-state index in [2.05, 4.69) is 10.1 Å². The zero-order chi connectivity index (χ0) is 22.5. The summed E-state index contributed by atoms with van der Waals surface area (Å²) < 4.78 is 11.2. The van der Waals surface area contributed by atoms with Crippen LogP contribution in [0.1, 0.15) is 41.6 Å². The highest BCUT2D eigenvalue weighted by molar-refractivity contribution is 5.94. The van der Waals surface area contributed by atoms with Crippen molar-refractivity contribution in [3.05, 3.63) is 66.1 Å². The maximum atomic E-state index is 12.9. The van der Waals surface area contributed by atoms with E-state index in [1.807, 2.05) is 36.4 Å². The van der Waals surface area contributed by atoms with E-state index in [-0.39, 0.29) is 24.5 Å². The topological polar surface area (TPSA) is 88.8 Å². The van der Waals surface area contributed by atoms with Gasteiger partial charge in [-0.1, -0.05) is 35.5 Å². The molecule has 0 radical (unpaired) electrons. The number of aromatic nitrogens is 2. The maximum absolute atomic E-state index is 12.9. The van der Waals surface area contributed by atoms with E-state index in [0.717, 1.165) is 19.3 Å². The zero-order valence-corrected chi connectivity index (χ0v) is 18.2. The summed E-state index contributed by atoms with van der Waals surface area (Å²) in [6, 6.07) is 16.1. The van der Waals surface area contributed by atoms with Crippen molar-refractivity contribution in [2.75, 3.05) is 27.2 Å². The predicted octanol–water partition coefficient (Wildman–Crippen LogP) is 3.57. The SMILES string of the molecule is CN(C)C(=O)c1cccc(-c2noc([C@H]3CCCCN3C(=O)COc3ccccc3)n2)c1. The summed E-state index contributed by atoms with van der Waals surface area (Å²) in [5.41, 5.74) is 1.24. The summed E-state index contributed by atoms with van der Waals surface area (Å²) in [5, 5.41) is 4.11. The minimum absolute atomic E-state index is 0.0454. The average Bonchev–Trinajstić information content (AvgIpc) is 3.33. The molecule has 1 aliphatic rings. The molecule has 0 aliphatic carbocycles. The third-order valence-corrected chi connectivity index (χ3v) is 5.43. The maximum Gasteiger partial charge on any atom is 0.261 e. The van der Waals surface area contributed by atoms with E-state index in [4.69, 9.17) is 9.26 Å². The van der Waals surface area contributed by atoms with Crippen LogP contribution < -0.4 is 4.74 Å². The highest BCUT2D eigenvalue weighted by Gasteiger charge is 2.32. The Bertz CT molecular complexity index is 1080. The van der Waals surface area contributed by atoms with Crippen molar-refractivity contribution in [1.29, 1.82) is 0 Å². The van der Waals surface area contributed by atoms with Gasteiger partial charge < -0.3 is 19.1 Å². The second-order valence-electron chi connectivity index (χ2n) is 7.94. The second-order valence-corrected chi connectivity index (χ2v) is 7.94. The van der Waals surface area contributed by atoms with E-state index in [0.29, 0.717) is 35.1 Å². The van der Waals surface area contributed by atoms with Gasteiger partial charge in [0.05, 0.1) is 0 Å². The Kier molecular flexibility index (Phi) is 6.49. The molecule has 1 aliphatic heterocycles. The Balaban J connectivity index is 1.50. The number of nitrogens with zero attached hydrogens (tertiary/aromatic N) is 4. The molecule has 166 valence electrons.